The molecule has 3 aliphatic carbocycles. The molecular weight excluding hydrogens is 775 g/mol. The molecule has 312 valence electrons. The molecule has 4 amide bonds. The van der Waals surface area contributed by atoms with Gasteiger partial charge >= 0.3 is 6.09 Å². The van der Waals surface area contributed by atoms with E-state index in [1.165, 1.54) is 11.0 Å². The van der Waals surface area contributed by atoms with Crippen molar-refractivity contribution < 1.29 is 41.8 Å². The highest BCUT2D eigenvalue weighted by molar-refractivity contribution is 7.91. The van der Waals surface area contributed by atoms with E-state index in [0.29, 0.717) is 60.2 Å². The summed E-state index contributed by atoms with van der Waals surface area (Å²) in [6, 6.07) is 13.3. The Morgan fingerprint density at radius 2 is 1.83 bits per heavy atom. The Morgan fingerprint density at radius 1 is 1.05 bits per heavy atom. The van der Waals surface area contributed by atoms with Crippen LogP contribution < -0.4 is 24.8 Å². The summed E-state index contributed by atoms with van der Waals surface area (Å²) in [6.07, 6.45) is 10.6. The van der Waals surface area contributed by atoms with Gasteiger partial charge in [-0.15, -0.1) is 6.58 Å². The van der Waals surface area contributed by atoms with Gasteiger partial charge in [-0.2, -0.15) is 0 Å². The fraction of sp³-hybridized carbons (Fsp3) is 0.477. The summed E-state index contributed by atoms with van der Waals surface area (Å²) in [7, 11) is -2.31. The van der Waals surface area contributed by atoms with Crippen molar-refractivity contribution >= 4 is 50.8 Å². The van der Waals surface area contributed by atoms with E-state index in [1.54, 1.807) is 7.11 Å². The minimum absolute atomic E-state index is 0.00951. The number of amides is 4. The van der Waals surface area contributed by atoms with Crippen LogP contribution in [0.4, 0.5) is 4.79 Å². The van der Waals surface area contributed by atoms with Crippen LogP contribution >= 0.6 is 0 Å². The largest absolute Gasteiger partial charge is 0.496 e. The van der Waals surface area contributed by atoms with Crippen LogP contribution in [0.15, 0.2) is 67.3 Å². The van der Waals surface area contributed by atoms with Crippen molar-refractivity contribution in [2.24, 2.45) is 11.8 Å². The second-order valence-corrected chi connectivity index (χ2v) is 18.3. The number of nitrogens with zero attached hydrogens (tertiary/aromatic N) is 2. The molecule has 3 aromatic rings. The van der Waals surface area contributed by atoms with Crippen LogP contribution in [0.25, 0.3) is 28.2 Å². The number of ether oxygens (including phenoxy) is 3. The zero-order valence-corrected chi connectivity index (χ0v) is 34.0. The first-order valence-corrected chi connectivity index (χ1v) is 22.2. The third kappa shape index (κ3) is 8.52. The Hall–Kier alpha value is -5.44. The van der Waals surface area contributed by atoms with Crippen LogP contribution in [0.2, 0.25) is 0 Å². The average molecular weight is 826 g/mol. The van der Waals surface area contributed by atoms with Gasteiger partial charge in [0.15, 0.2) is 0 Å². The van der Waals surface area contributed by atoms with Gasteiger partial charge < -0.3 is 29.7 Å². The van der Waals surface area contributed by atoms with Crippen molar-refractivity contribution in [3.8, 4) is 22.8 Å². The smallest absolute Gasteiger partial charge is 0.407 e. The number of carbonyl (C=O) groups is 4. The Balaban J connectivity index is 1.18. The number of methoxy groups -OCH3 is 1. The average Bonchev–Trinajstić information content (AvgIpc) is 4.11. The number of hydrogen-bond acceptors (Lipinski definition) is 10. The van der Waals surface area contributed by atoms with Crippen molar-refractivity contribution in [1.82, 2.24) is 25.2 Å². The first-order chi connectivity index (χ1) is 28.5. The van der Waals surface area contributed by atoms with Crippen LogP contribution in [0.1, 0.15) is 76.2 Å². The number of hydrogen-bond donors (Lipinski definition) is 3. The molecule has 3 saturated carbocycles. The predicted octanol–water partition coefficient (Wildman–Crippen LogP) is 5.41. The van der Waals surface area contributed by atoms with E-state index in [4.69, 9.17) is 19.2 Å². The molecule has 5 aliphatic rings. The summed E-state index contributed by atoms with van der Waals surface area (Å²) in [5, 5.41) is 5.78. The molecule has 8 rings (SSSR count). The fourth-order valence-electron chi connectivity index (χ4n) is 8.73. The van der Waals surface area contributed by atoms with Crippen molar-refractivity contribution in [3.63, 3.8) is 0 Å². The summed E-state index contributed by atoms with van der Waals surface area (Å²) in [5.74, 6) is -1.50. The van der Waals surface area contributed by atoms with Crippen LogP contribution in [0, 0.1) is 11.8 Å². The quantitative estimate of drug-likeness (QED) is 0.236. The lowest BCUT2D eigenvalue weighted by Crippen LogP contribution is -2.59. The molecule has 59 heavy (non-hydrogen) atoms. The Kier molecular flexibility index (Phi) is 11.4. The van der Waals surface area contributed by atoms with E-state index in [2.05, 4.69) is 21.9 Å². The topological polar surface area (TPSA) is 182 Å². The Labute approximate surface area is 344 Å². The molecule has 1 aromatic heterocycles. The van der Waals surface area contributed by atoms with E-state index >= 15 is 0 Å². The van der Waals surface area contributed by atoms with Gasteiger partial charge in [-0.3, -0.25) is 19.1 Å². The zero-order valence-electron chi connectivity index (χ0n) is 33.2. The molecule has 4 fully saturated rings. The minimum atomic E-state index is -3.91. The number of nitrogens with one attached hydrogen (secondary N) is 3. The number of rotatable bonds is 9. The fourth-order valence-corrected chi connectivity index (χ4v) is 10.1. The normalized spacial score (nSPS) is 27.0. The number of cyclic esters (lactones) is 1. The molecule has 4 bridgehead atoms. The minimum Gasteiger partial charge on any atom is -0.496 e. The number of pyridine rings is 1. The number of fused-ring (bicyclic) bond motifs is 3. The molecule has 5 atom stereocenters. The van der Waals surface area contributed by atoms with Gasteiger partial charge in [0, 0.05) is 41.0 Å². The summed E-state index contributed by atoms with van der Waals surface area (Å²) in [6.45, 7) is 3.98. The number of aromatic nitrogens is 1. The molecule has 0 unspecified atom stereocenters. The van der Waals surface area contributed by atoms with E-state index < -0.39 is 68.7 Å². The SMILES string of the molecule is C=C[C@H]1C[C@]1(NC(=O)[C@@H]1C[C@@H]2CN1C(=O)[C@H](C1CCCC1)NC(=O)OCCCC/C=C/c1cc3c(cc(-c4ccccc4)nc3cc1OC)O2)C(=O)NS(=O)(=O)C1CC1. The lowest BCUT2D eigenvalue weighted by molar-refractivity contribution is -0.142. The number of sulfonamides is 1. The lowest BCUT2D eigenvalue weighted by Gasteiger charge is -2.32. The van der Waals surface area contributed by atoms with Gasteiger partial charge in [0.1, 0.15) is 35.2 Å². The van der Waals surface area contributed by atoms with Crippen molar-refractivity contribution in [2.75, 3.05) is 20.3 Å². The maximum atomic E-state index is 14.9. The van der Waals surface area contributed by atoms with Gasteiger partial charge in [0.05, 0.1) is 36.7 Å². The Morgan fingerprint density at radius 3 is 2.54 bits per heavy atom. The van der Waals surface area contributed by atoms with Crippen LogP contribution in [-0.4, -0.2) is 91.4 Å². The van der Waals surface area contributed by atoms with Crippen molar-refractivity contribution in [3.05, 3.63) is 72.8 Å². The van der Waals surface area contributed by atoms with Gasteiger partial charge in [0.25, 0.3) is 5.91 Å². The molecule has 0 spiro atoms. The third-order valence-electron chi connectivity index (χ3n) is 12.3. The molecule has 2 aliphatic heterocycles. The number of allylic oxidation sites excluding steroid dienone is 1. The number of carbonyl (C=O) groups excluding carboxylic acids is 4. The van der Waals surface area contributed by atoms with Gasteiger partial charge in [-0.1, -0.05) is 61.4 Å². The highest BCUT2D eigenvalue weighted by Crippen LogP contribution is 2.46. The molecule has 1 saturated heterocycles. The van der Waals surface area contributed by atoms with Crippen molar-refractivity contribution in [1.29, 1.82) is 0 Å². The third-order valence-corrected chi connectivity index (χ3v) is 14.1. The van der Waals surface area contributed by atoms with Gasteiger partial charge in [-0.25, -0.2) is 18.2 Å². The summed E-state index contributed by atoms with van der Waals surface area (Å²) in [4.78, 5) is 62.8. The van der Waals surface area contributed by atoms with E-state index in [-0.39, 0.29) is 31.9 Å². The second kappa shape index (κ2) is 16.7. The highest BCUT2D eigenvalue weighted by atomic mass is 32.2. The maximum absolute atomic E-state index is 14.9. The maximum Gasteiger partial charge on any atom is 0.407 e. The molecule has 2 aromatic carbocycles. The summed E-state index contributed by atoms with van der Waals surface area (Å²) < 4.78 is 46.1. The summed E-state index contributed by atoms with van der Waals surface area (Å²) >= 11 is 0. The number of benzene rings is 2. The second-order valence-electron chi connectivity index (χ2n) is 16.3. The van der Waals surface area contributed by atoms with Gasteiger partial charge in [0.2, 0.25) is 21.8 Å². The first-order valence-electron chi connectivity index (χ1n) is 20.7. The van der Waals surface area contributed by atoms with Crippen LogP contribution in [0.5, 0.6) is 11.5 Å². The highest BCUT2D eigenvalue weighted by Gasteiger charge is 2.62. The van der Waals surface area contributed by atoms with Gasteiger partial charge in [-0.05, 0) is 63.4 Å². The number of alkyl carbamates (subject to hydrolysis) is 1. The molecule has 15 heteroatoms. The van der Waals surface area contributed by atoms with Crippen molar-refractivity contribution in [2.45, 2.75) is 99.6 Å². The first kappa shape index (κ1) is 40.3. The molecule has 3 heterocycles. The zero-order chi connectivity index (χ0) is 41.3. The predicted molar refractivity (Wildman–Crippen MR) is 221 cm³/mol. The molecule has 0 radical (unpaired) electrons. The standard InChI is InChI=1S/C44H51N5O9S/c1-3-30-25-44(30,42(52)48-59(54,55)32-18-19-32)47-40(50)36-22-31-26-49(36)41(51)39(28-15-10-11-16-28)46-43(53)57-20-12-5-4-7-17-29-21-33-35(24-37(29)56-2)45-34(23-38(33)58-31)27-13-8-6-9-14-27/h3,6-9,13-14,17,21,23-24,28,30-32,36,39H,1,4-5,10-12,15-16,18-20,22,25-26H2,2H3,(H,46,53)(H,47,50)(H,48,52)/b17-7+/t30-,31+,36-,39-,44+/m0/s1. The van der Waals surface area contributed by atoms with E-state index in [9.17, 15) is 27.6 Å². The molecular formula is C44H51N5O9S. The molecule has 3 N–H and O–H groups in total. The van der Waals surface area contributed by atoms with E-state index in [1.807, 2.05) is 60.7 Å². The monoisotopic (exact) mass is 825 g/mol. The molecule has 14 nitrogen and oxygen atoms in total. The Bertz CT molecular complexity index is 2270. The lowest BCUT2D eigenvalue weighted by atomic mass is 9.96. The van der Waals surface area contributed by atoms with Crippen LogP contribution in [0.3, 0.4) is 0 Å². The van der Waals surface area contributed by atoms with Crippen LogP contribution in [-0.2, 0) is 29.1 Å². The summed E-state index contributed by atoms with van der Waals surface area (Å²) in [5.41, 5.74) is 1.39. The van der Waals surface area contributed by atoms with E-state index in [0.717, 1.165) is 36.8 Å².